The number of allylic oxidation sites excluding steroid dienone is 1. The Morgan fingerprint density at radius 1 is 0.762 bits per heavy atom. The van der Waals surface area contributed by atoms with E-state index in [0.717, 1.165) is 12.0 Å². The number of carbonyl (C=O) groups is 1. The minimum absolute atomic E-state index is 0.185. The monoisotopic (exact) mass is 296 g/mol. The second-order valence-electron chi connectivity index (χ2n) is 6.18. The summed E-state index contributed by atoms with van der Waals surface area (Å²) < 4.78 is 4.74. The average Bonchev–Trinajstić information content (AvgIpc) is 2.50. The molecule has 0 aliphatic rings. The first-order valence-corrected chi connectivity index (χ1v) is 8.88. The van der Waals surface area contributed by atoms with Crippen molar-refractivity contribution in [1.29, 1.82) is 0 Å². The van der Waals surface area contributed by atoms with Crippen LogP contribution in [0.4, 0.5) is 0 Å². The fourth-order valence-corrected chi connectivity index (χ4v) is 2.57. The van der Waals surface area contributed by atoms with E-state index in [4.69, 9.17) is 4.74 Å². The Morgan fingerprint density at radius 3 is 1.62 bits per heavy atom. The molecule has 0 aromatic heterocycles. The van der Waals surface area contributed by atoms with Crippen LogP contribution in [0.3, 0.4) is 0 Å². The summed E-state index contributed by atoms with van der Waals surface area (Å²) in [6.07, 6.45) is 16.0. The van der Waals surface area contributed by atoms with Gasteiger partial charge >= 0.3 is 5.97 Å². The molecule has 0 N–H and O–H groups in total. The van der Waals surface area contributed by atoms with Crippen LogP contribution in [0.25, 0.3) is 0 Å². The normalized spacial score (nSPS) is 12.2. The lowest BCUT2D eigenvalue weighted by molar-refractivity contribution is -0.136. The van der Waals surface area contributed by atoms with E-state index in [9.17, 15) is 4.79 Å². The summed E-state index contributed by atoms with van der Waals surface area (Å²) >= 11 is 0. The first-order valence-electron chi connectivity index (χ1n) is 8.88. The molecule has 2 heteroatoms. The predicted molar refractivity (Wildman–Crippen MR) is 91.5 cm³/mol. The number of ether oxygens (including phenoxy) is 1. The lowest BCUT2D eigenvalue weighted by Gasteiger charge is -2.06. The van der Waals surface area contributed by atoms with Crippen LogP contribution in [-0.4, -0.2) is 13.1 Å². The van der Waals surface area contributed by atoms with Gasteiger partial charge < -0.3 is 4.74 Å². The molecule has 0 atom stereocenters. The highest BCUT2D eigenvalue weighted by Gasteiger charge is 2.06. The maximum atomic E-state index is 11.4. The third kappa shape index (κ3) is 11.5. The SMILES string of the molecule is CCCCCCCCCCCCCC(C)=C(C)C(=O)OC. The Bertz CT molecular complexity index is 292. The van der Waals surface area contributed by atoms with Gasteiger partial charge in [0.2, 0.25) is 0 Å². The average molecular weight is 296 g/mol. The first-order chi connectivity index (χ1) is 10.1. The molecular weight excluding hydrogens is 260 g/mol. The molecule has 124 valence electrons. The van der Waals surface area contributed by atoms with E-state index in [-0.39, 0.29) is 5.97 Å². The van der Waals surface area contributed by atoms with E-state index in [2.05, 4.69) is 6.92 Å². The van der Waals surface area contributed by atoms with Crippen molar-refractivity contribution in [1.82, 2.24) is 0 Å². The van der Waals surface area contributed by atoms with E-state index in [1.54, 1.807) is 0 Å². The zero-order valence-corrected chi connectivity index (χ0v) is 14.8. The Kier molecular flexibility index (Phi) is 13.6. The van der Waals surface area contributed by atoms with Crippen LogP contribution < -0.4 is 0 Å². The predicted octanol–water partition coefficient (Wildman–Crippen LogP) is 6.20. The van der Waals surface area contributed by atoms with Crippen LogP contribution in [-0.2, 0) is 9.53 Å². The molecule has 0 saturated carbocycles. The van der Waals surface area contributed by atoms with Crippen molar-refractivity contribution in [2.24, 2.45) is 0 Å². The van der Waals surface area contributed by atoms with Crippen LogP contribution >= 0.6 is 0 Å². The van der Waals surface area contributed by atoms with Crippen molar-refractivity contribution >= 4 is 5.97 Å². The van der Waals surface area contributed by atoms with Crippen molar-refractivity contribution in [3.05, 3.63) is 11.1 Å². The van der Waals surface area contributed by atoms with Crippen LogP contribution in [0.1, 0.15) is 97.8 Å². The molecule has 0 fully saturated rings. The van der Waals surface area contributed by atoms with Gasteiger partial charge in [0.25, 0.3) is 0 Å². The minimum Gasteiger partial charge on any atom is -0.466 e. The van der Waals surface area contributed by atoms with Gasteiger partial charge in [-0.2, -0.15) is 0 Å². The molecule has 2 nitrogen and oxygen atoms in total. The van der Waals surface area contributed by atoms with Crippen LogP contribution in [0.15, 0.2) is 11.1 Å². The van der Waals surface area contributed by atoms with Gasteiger partial charge in [-0.05, 0) is 26.7 Å². The Hall–Kier alpha value is -0.790. The quantitative estimate of drug-likeness (QED) is 0.230. The van der Waals surface area contributed by atoms with Crippen molar-refractivity contribution in [3.8, 4) is 0 Å². The number of hydrogen-bond donors (Lipinski definition) is 0. The lowest BCUT2D eigenvalue weighted by Crippen LogP contribution is -2.03. The molecule has 0 radical (unpaired) electrons. The summed E-state index contributed by atoms with van der Waals surface area (Å²) in [7, 11) is 1.45. The number of esters is 1. The third-order valence-corrected chi connectivity index (χ3v) is 4.29. The van der Waals surface area contributed by atoms with E-state index < -0.39 is 0 Å². The van der Waals surface area contributed by atoms with Gasteiger partial charge in [-0.3, -0.25) is 0 Å². The zero-order valence-electron chi connectivity index (χ0n) is 14.8. The molecule has 0 saturated heterocycles. The fourth-order valence-electron chi connectivity index (χ4n) is 2.57. The summed E-state index contributed by atoms with van der Waals surface area (Å²) in [4.78, 5) is 11.4. The molecule has 0 rings (SSSR count). The summed E-state index contributed by atoms with van der Waals surface area (Å²) in [5, 5.41) is 0. The zero-order chi connectivity index (χ0) is 15.9. The molecule has 0 unspecified atom stereocenters. The topological polar surface area (TPSA) is 26.3 Å². The minimum atomic E-state index is -0.185. The van der Waals surface area contributed by atoms with Gasteiger partial charge in [-0.15, -0.1) is 0 Å². The maximum Gasteiger partial charge on any atom is 0.333 e. The molecule has 0 aliphatic heterocycles. The smallest absolute Gasteiger partial charge is 0.333 e. The number of unbranched alkanes of at least 4 members (excludes halogenated alkanes) is 10. The maximum absolute atomic E-state index is 11.4. The largest absolute Gasteiger partial charge is 0.466 e. The molecule has 0 amide bonds. The van der Waals surface area contributed by atoms with Crippen LogP contribution in [0, 0.1) is 0 Å². The van der Waals surface area contributed by atoms with Crippen molar-refractivity contribution in [2.75, 3.05) is 7.11 Å². The molecule has 0 aromatic carbocycles. The van der Waals surface area contributed by atoms with Gasteiger partial charge in [0, 0.05) is 5.57 Å². The molecule has 0 heterocycles. The van der Waals surface area contributed by atoms with Crippen molar-refractivity contribution < 1.29 is 9.53 Å². The summed E-state index contributed by atoms with van der Waals surface area (Å²) in [6, 6.07) is 0. The Balaban J connectivity index is 3.42. The summed E-state index contributed by atoms with van der Waals surface area (Å²) in [5.41, 5.74) is 1.96. The molecule has 0 aliphatic carbocycles. The number of methoxy groups -OCH3 is 1. The van der Waals surface area contributed by atoms with E-state index in [1.807, 2.05) is 13.8 Å². The van der Waals surface area contributed by atoms with E-state index in [1.165, 1.54) is 83.3 Å². The lowest BCUT2D eigenvalue weighted by atomic mass is 10.0. The second kappa shape index (κ2) is 14.2. The molecule has 0 spiro atoms. The van der Waals surface area contributed by atoms with Crippen LogP contribution in [0.2, 0.25) is 0 Å². The van der Waals surface area contributed by atoms with E-state index in [0.29, 0.717) is 0 Å². The summed E-state index contributed by atoms with van der Waals surface area (Å²) in [5.74, 6) is -0.185. The van der Waals surface area contributed by atoms with E-state index >= 15 is 0 Å². The van der Waals surface area contributed by atoms with Crippen LogP contribution in [0.5, 0.6) is 0 Å². The Morgan fingerprint density at radius 2 is 1.19 bits per heavy atom. The molecular formula is C19H36O2. The highest BCUT2D eigenvalue weighted by Crippen LogP contribution is 2.16. The van der Waals surface area contributed by atoms with Crippen molar-refractivity contribution in [3.63, 3.8) is 0 Å². The van der Waals surface area contributed by atoms with Gasteiger partial charge in [0.15, 0.2) is 0 Å². The van der Waals surface area contributed by atoms with Crippen molar-refractivity contribution in [2.45, 2.75) is 97.8 Å². The number of carbonyl (C=O) groups excluding carboxylic acids is 1. The number of rotatable bonds is 13. The van der Waals surface area contributed by atoms with Gasteiger partial charge in [0.05, 0.1) is 7.11 Å². The number of hydrogen-bond acceptors (Lipinski definition) is 2. The standard InChI is InChI=1S/C19H36O2/c1-5-6-7-8-9-10-11-12-13-14-15-16-17(2)18(3)19(20)21-4/h5-16H2,1-4H3. The first kappa shape index (κ1) is 20.2. The van der Waals surface area contributed by atoms with Gasteiger partial charge in [-0.25, -0.2) is 4.79 Å². The second-order valence-corrected chi connectivity index (χ2v) is 6.18. The molecule has 21 heavy (non-hydrogen) atoms. The third-order valence-electron chi connectivity index (χ3n) is 4.29. The Labute approximate surface area is 132 Å². The highest BCUT2D eigenvalue weighted by molar-refractivity contribution is 5.88. The molecule has 0 aromatic rings. The summed E-state index contributed by atoms with van der Waals surface area (Å²) in [6.45, 7) is 6.17. The highest BCUT2D eigenvalue weighted by atomic mass is 16.5. The van der Waals surface area contributed by atoms with Gasteiger partial charge in [0.1, 0.15) is 0 Å². The fraction of sp³-hybridized carbons (Fsp3) is 0.842. The van der Waals surface area contributed by atoms with Gasteiger partial charge in [-0.1, -0.05) is 76.7 Å². The molecule has 0 bridgehead atoms.